The van der Waals surface area contributed by atoms with E-state index >= 15 is 0 Å². The second kappa shape index (κ2) is 5.70. The van der Waals surface area contributed by atoms with Crippen LogP contribution in [0.1, 0.15) is 5.56 Å². The molecule has 2 rings (SSSR count). The summed E-state index contributed by atoms with van der Waals surface area (Å²) in [6.07, 6.45) is 1.96. The second-order valence-corrected chi connectivity index (χ2v) is 6.42. The summed E-state index contributed by atoms with van der Waals surface area (Å²) < 4.78 is 14.8. The third-order valence-electron chi connectivity index (χ3n) is 2.02. The van der Waals surface area contributed by atoms with Crippen molar-refractivity contribution in [3.63, 3.8) is 0 Å². The van der Waals surface area contributed by atoms with Crippen molar-refractivity contribution in [3.8, 4) is 0 Å². The van der Waals surface area contributed by atoms with E-state index < -0.39 is 0 Å². The smallest absolute Gasteiger partial charge is 0.175 e. The number of halogens is 1. The van der Waals surface area contributed by atoms with Crippen LogP contribution >= 0.6 is 34.9 Å². The van der Waals surface area contributed by atoms with Crippen molar-refractivity contribution in [1.82, 2.24) is 10.2 Å². The first-order valence-electron chi connectivity index (χ1n) is 4.73. The Kier molecular flexibility index (Phi) is 4.25. The Morgan fingerprint density at radius 2 is 2.12 bits per heavy atom. The molecule has 0 unspecified atom stereocenters. The summed E-state index contributed by atoms with van der Waals surface area (Å²) in [4.78, 5) is 0. The van der Waals surface area contributed by atoms with Crippen molar-refractivity contribution in [2.75, 3.05) is 12.0 Å². The summed E-state index contributed by atoms with van der Waals surface area (Å²) in [5, 5.41) is 8.02. The van der Waals surface area contributed by atoms with Crippen LogP contribution in [0, 0.1) is 5.82 Å². The monoisotopic (exact) mass is 287 g/mol. The van der Waals surface area contributed by atoms with E-state index in [2.05, 4.69) is 10.2 Å². The van der Waals surface area contributed by atoms with Crippen LogP contribution in [0.5, 0.6) is 0 Å². The van der Waals surface area contributed by atoms with Gasteiger partial charge in [0.05, 0.1) is 0 Å². The Bertz CT molecular complexity index is 515. The molecule has 1 aromatic carbocycles. The fourth-order valence-electron chi connectivity index (χ4n) is 1.18. The van der Waals surface area contributed by atoms with Crippen molar-refractivity contribution in [2.24, 2.45) is 0 Å². The van der Waals surface area contributed by atoms with Gasteiger partial charge in [-0.1, -0.05) is 34.9 Å². The molecule has 0 saturated carbocycles. The molecular weight excluding hydrogens is 277 g/mol. The van der Waals surface area contributed by atoms with Crippen molar-refractivity contribution < 1.29 is 4.39 Å². The molecule has 3 nitrogen and oxygen atoms in total. The molecule has 0 aliphatic heterocycles. The van der Waals surface area contributed by atoms with E-state index in [0.29, 0.717) is 11.4 Å². The van der Waals surface area contributed by atoms with Crippen LogP contribution in [-0.2, 0) is 5.75 Å². The summed E-state index contributed by atoms with van der Waals surface area (Å²) in [5.41, 5.74) is 7.16. The fraction of sp³-hybridized carbons (Fsp3) is 0.200. The van der Waals surface area contributed by atoms with Crippen LogP contribution in [0.3, 0.4) is 0 Å². The first-order valence-corrected chi connectivity index (χ1v) is 7.76. The van der Waals surface area contributed by atoms with Gasteiger partial charge in [0.15, 0.2) is 8.68 Å². The van der Waals surface area contributed by atoms with Gasteiger partial charge in [0, 0.05) is 11.4 Å². The van der Waals surface area contributed by atoms with Crippen molar-refractivity contribution in [2.45, 2.75) is 14.4 Å². The normalized spacial score (nSPS) is 10.7. The zero-order chi connectivity index (χ0) is 12.3. The second-order valence-electron chi connectivity index (χ2n) is 3.17. The van der Waals surface area contributed by atoms with Crippen LogP contribution < -0.4 is 5.73 Å². The number of nitrogens with zero attached hydrogens (tertiary/aromatic N) is 2. The minimum absolute atomic E-state index is 0.267. The summed E-state index contributed by atoms with van der Waals surface area (Å²) in [7, 11) is 0. The van der Waals surface area contributed by atoms with Gasteiger partial charge in [0.1, 0.15) is 5.82 Å². The molecule has 1 heterocycles. The predicted molar refractivity (Wildman–Crippen MR) is 72.1 cm³/mol. The van der Waals surface area contributed by atoms with E-state index in [1.165, 1.54) is 35.2 Å². The lowest BCUT2D eigenvalue weighted by Crippen LogP contribution is -1.93. The van der Waals surface area contributed by atoms with E-state index in [9.17, 15) is 4.39 Å². The molecule has 17 heavy (non-hydrogen) atoms. The zero-order valence-corrected chi connectivity index (χ0v) is 11.5. The third-order valence-corrected chi connectivity index (χ3v) is 5.10. The number of aromatic nitrogens is 2. The largest absolute Gasteiger partial charge is 0.398 e. The molecule has 1 aromatic heterocycles. The van der Waals surface area contributed by atoms with Crippen molar-refractivity contribution >= 4 is 40.5 Å². The van der Waals surface area contributed by atoms with E-state index in [-0.39, 0.29) is 5.82 Å². The number of thioether (sulfide) groups is 2. The maximum absolute atomic E-state index is 13.0. The average Bonchev–Trinajstić information content (AvgIpc) is 2.78. The number of anilines is 1. The topological polar surface area (TPSA) is 51.8 Å². The maximum atomic E-state index is 13.0. The van der Waals surface area contributed by atoms with Crippen LogP contribution in [0.4, 0.5) is 10.1 Å². The van der Waals surface area contributed by atoms with Crippen LogP contribution in [0.2, 0.25) is 0 Å². The van der Waals surface area contributed by atoms with Gasteiger partial charge in [-0.2, -0.15) is 0 Å². The minimum Gasteiger partial charge on any atom is -0.398 e. The van der Waals surface area contributed by atoms with Gasteiger partial charge in [-0.15, -0.1) is 10.2 Å². The lowest BCUT2D eigenvalue weighted by molar-refractivity contribution is 0.627. The molecule has 0 spiro atoms. The van der Waals surface area contributed by atoms with E-state index in [0.717, 1.165) is 14.2 Å². The van der Waals surface area contributed by atoms with E-state index in [1.807, 2.05) is 6.26 Å². The lowest BCUT2D eigenvalue weighted by atomic mass is 10.2. The van der Waals surface area contributed by atoms with Gasteiger partial charge in [-0.05, 0) is 30.0 Å². The SMILES string of the molecule is CSc1nnc(SCc2cc(F)ccc2N)s1. The van der Waals surface area contributed by atoms with Crippen molar-refractivity contribution in [1.29, 1.82) is 0 Å². The molecule has 0 amide bonds. The minimum atomic E-state index is -0.267. The Hall–Kier alpha value is -0.790. The average molecular weight is 287 g/mol. The van der Waals surface area contributed by atoms with E-state index in [1.54, 1.807) is 17.8 Å². The van der Waals surface area contributed by atoms with Gasteiger partial charge in [-0.25, -0.2) is 4.39 Å². The molecule has 0 aliphatic rings. The maximum Gasteiger partial charge on any atom is 0.175 e. The summed E-state index contributed by atoms with van der Waals surface area (Å²) in [5.74, 6) is 0.337. The Morgan fingerprint density at radius 1 is 1.35 bits per heavy atom. The molecule has 2 N–H and O–H groups in total. The summed E-state index contributed by atoms with van der Waals surface area (Å²) >= 11 is 4.61. The first-order chi connectivity index (χ1) is 8.19. The molecule has 0 atom stereocenters. The van der Waals surface area contributed by atoms with Crippen LogP contribution in [-0.4, -0.2) is 16.5 Å². The zero-order valence-electron chi connectivity index (χ0n) is 9.01. The highest BCUT2D eigenvalue weighted by Crippen LogP contribution is 2.30. The molecule has 0 radical (unpaired) electrons. The highest BCUT2D eigenvalue weighted by atomic mass is 32.2. The van der Waals surface area contributed by atoms with Gasteiger partial charge in [0.25, 0.3) is 0 Å². The summed E-state index contributed by atoms with van der Waals surface area (Å²) in [6, 6.07) is 4.40. The Labute approximate surface area is 111 Å². The molecule has 2 aromatic rings. The lowest BCUT2D eigenvalue weighted by Gasteiger charge is -2.03. The standard InChI is InChI=1S/C10H10FN3S3/c1-15-9-13-14-10(17-9)16-5-6-4-7(11)2-3-8(6)12/h2-4H,5,12H2,1H3. The van der Waals surface area contributed by atoms with Gasteiger partial charge >= 0.3 is 0 Å². The molecule has 0 bridgehead atoms. The number of benzene rings is 1. The van der Waals surface area contributed by atoms with Gasteiger partial charge in [0.2, 0.25) is 0 Å². The van der Waals surface area contributed by atoms with Gasteiger partial charge in [-0.3, -0.25) is 0 Å². The fourth-order valence-corrected chi connectivity index (χ4v) is 3.62. The van der Waals surface area contributed by atoms with Crippen LogP contribution in [0.25, 0.3) is 0 Å². The summed E-state index contributed by atoms with van der Waals surface area (Å²) in [6.45, 7) is 0. The predicted octanol–water partition coefficient (Wildman–Crippen LogP) is 3.27. The molecular formula is C10H10FN3S3. The highest BCUT2D eigenvalue weighted by Gasteiger charge is 2.06. The molecule has 90 valence electrons. The number of rotatable bonds is 4. The number of hydrogen-bond donors (Lipinski definition) is 1. The Balaban J connectivity index is 2.04. The quantitative estimate of drug-likeness (QED) is 0.691. The number of nitrogen functional groups attached to an aromatic ring is 1. The molecule has 7 heteroatoms. The van der Waals surface area contributed by atoms with Gasteiger partial charge < -0.3 is 5.73 Å². The highest BCUT2D eigenvalue weighted by molar-refractivity contribution is 8.02. The third kappa shape index (κ3) is 3.34. The molecule has 0 saturated heterocycles. The number of nitrogens with two attached hydrogens (primary N) is 1. The van der Waals surface area contributed by atoms with Crippen molar-refractivity contribution in [3.05, 3.63) is 29.6 Å². The molecule has 0 aliphatic carbocycles. The van der Waals surface area contributed by atoms with Crippen LogP contribution in [0.15, 0.2) is 26.9 Å². The van der Waals surface area contributed by atoms with E-state index in [4.69, 9.17) is 5.73 Å². The number of hydrogen-bond acceptors (Lipinski definition) is 6. The first kappa shape index (κ1) is 12.7. The molecule has 0 fully saturated rings. The Morgan fingerprint density at radius 3 is 2.82 bits per heavy atom.